The minimum absolute atomic E-state index is 0.00194. The maximum absolute atomic E-state index is 10.9. The van der Waals surface area contributed by atoms with Gasteiger partial charge in [-0.25, -0.2) is 4.68 Å². The molecule has 1 saturated carbocycles. The van der Waals surface area contributed by atoms with Gasteiger partial charge in [-0.15, -0.1) is 5.10 Å². The fourth-order valence-corrected chi connectivity index (χ4v) is 4.34. The number of unbranched alkanes of at least 4 members (excludes halogenated alkanes) is 3. The second-order valence-corrected chi connectivity index (χ2v) is 8.25. The third-order valence-corrected chi connectivity index (χ3v) is 6.12. The second-order valence-electron chi connectivity index (χ2n) is 8.25. The summed E-state index contributed by atoms with van der Waals surface area (Å²) in [6, 6.07) is 11.1. The Bertz CT molecular complexity index is 712. The molecule has 0 unspecified atom stereocenters. The van der Waals surface area contributed by atoms with E-state index in [2.05, 4.69) is 58.7 Å². The standard InChI is InChI=1S/C22H32N4O/c1-2-3-4-8-13-25-16-22(27)21(14-20(25)18-9-6-5-7-10-18)26-15-19(23-24-26)17-11-12-17/h5-7,9-10,15,17,20-22,27H,2-4,8,11-14,16H2,1H3/t20-,21+,22+/m1/s1. The van der Waals surface area contributed by atoms with Crippen molar-refractivity contribution < 1.29 is 5.11 Å². The van der Waals surface area contributed by atoms with Crippen LogP contribution in [0.4, 0.5) is 0 Å². The van der Waals surface area contributed by atoms with Crippen molar-refractivity contribution in [2.24, 2.45) is 0 Å². The molecule has 1 N–H and O–H groups in total. The zero-order chi connectivity index (χ0) is 18.6. The molecule has 1 aliphatic carbocycles. The normalized spacial score (nSPS) is 26.4. The molecule has 1 saturated heterocycles. The molecule has 2 aliphatic rings. The lowest BCUT2D eigenvalue weighted by Crippen LogP contribution is -2.46. The van der Waals surface area contributed by atoms with Crippen molar-refractivity contribution in [1.29, 1.82) is 0 Å². The first-order chi connectivity index (χ1) is 13.3. The van der Waals surface area contributed by atoms with E-state index in [9.17, 15) is 5.11 Å². The van der Waals surface area contributed by atoms with Crippen molar-refractivity contribution in [3.8, 4) is 0 Å². The summed E-state index contributed by atoms with van der Waals surface area (Å²) in [6.45, 7) is 4.00. The highest BCUT2D eigenvalue weighted by Gasteiger charge is 2.37. The third-order valence-electron chi connectivity index (χ3n) is 6.12. The van der Waals surface area contributed by atoms with Crippen LogP contribution in [-0.2, 0) is 0 Å². The van der Waals surface area contributed by atoms with Gasteiger partial charge in [0, 0.05) is 24.7 Å². The van der Waals surface area contributed by atoms with Gasteiger partial charge >= 0.3 is 0 Å². The van der Waals surface area contributed by atoms with Crippen LogP contribution in [0.3, 0.4) is 0 Å². The quantitative estimate of drug-likeness (QED) is 0.713. The number of aliphatic hydroxyl groups excluding tert-OH is 1. The minimum atomic E-state index is -0.398. The second kappa shape index (κ2) is 8.53. The fourth-order valence-electron chi connectivity index (χ4n) is 4.34. The average molecular weight is 369 g/mol. The molecule has 2 heterocycles. The first-order valence-corrected chi connectivity index (χ1v) is 10.6. The Balaban J connectivity index is 1.50. The van der Waals surface area contributed by atoms with Crippen LogP contribution in [0.2, 0.25) is 0 Å². The molecule has 4 rings (SSSR count). The number of hydrogen-bond donors (Lipinski definition) is 1. The number of rotatable bonds is 8. The number of hydrogen-bond acceptors (Lipinski definition) is 4. The summed E-state index contributed by atoms with van der Waals surface area (Å²) in [6.07, 6.45) is 10.0. The smallest absolute Gasteiger partial charge is 0.0892 e. The van der Waals surface area contributed by atoms with Gasteiger partial charge in [0.2, 0.25) is 0 Å². The van der Waals surface area contributed by atoms with Crippen LogP contribution < -0.4 is 0 Å². The van der Waals surface area contributed by atoms with E-state index in [0.717, 1.165) is 18.7 Å². The molecular weight excluding hydrogens is 336 g/mol. The number of aromatic nitrogens is 3. The molecular formula is C22H32N4O. The number of nitrogens with zero attached hydrogens (tertiary/aromatic N) is 4. The molecule has 1 aliphatic heterocycles. The number of piperidine rings is 1. The highest BCUT2D eigenvalue weighted by molar-refractivity contribution is 5.20. The van der Waals surface area contributed by atoms with Crippen molar-refractivity contribution in [3.63, 3.8) is 0 Å². The summed E-state index contributed by atoms with van der Waals surface area (Å²) >= 11 is 0. The Hall–Kier alpha value is -1.72. The van der Waals surface area contributed by atoms with Gasteiger partial charge in [-0.05, 0) is 37.8 Å². The van der Waals surface area contributed by atoms with Gasteiger partial charge in [-0.1, -0.05) is 61.7 Å². The summed E-state index contributed by atoms with van der Waals surface area (Å²) in [5.74, 6) is 0.597. The number of likely N-dealkylation sites (tertiary alicyclic amines) is 1. The lowest BCUT2D eigenvalue weighted by molar-refractivity contribution is -0.0102. The van der Waals surface area contributed by atoms with E-state index in [4.69, 9.17) is 0 Å². The maximum atomic E-state index is 10.9. The molecule has 146 valence electrons. The predicted molar refractivity (Wildman–Crippen MR) is 107 cm³/mol. The molecule has 5 nitrogen and oxygen atoms in total. The first kappa shape index (κ1) is 18.6. The predicted octanol–water partition coefficient (Wildman–Crippen LogP) is 4.08. The third kappa shape index (κ3) is 4.41. The monoisotopic (exact) mass is 368 g/mol. The van der Waals surface area contributed by atoms with Crippen molar-refractivity contribution in [2.75, 3.05) is 13.1 Å². The van der Waals surface area contributed by atoms with E-state index < -0.39 is 6.10 Å². The summed E-state index contributed by atoms with van der Waals surface area (Å²) in [4.78, 5) is 2.48. The molecule has 2 aromatic rings. The molecule has 2 fully saturated rings. The van der Waals surface area contributed by atoms with Gasteiger partial charge < -0.3 is 5.11 Å². The van der Waals surface area contributed by atoms with Crippen LogP contribution in [-0.4, -0.2) is 44.2 Å². The van der Waals surface area contributed by atoms with E-state index in [1.54, 1.807) is 0 Å². The Morgan fingerprint density at radius 1 is 1.11 bits per heavy atom. The van der Waals surface area contributed by atoms with Crippen LogP contribution in [0.5, 0.6) is 0 Å². The largest absolute Gasteiger partial charge is 0.390 e. The van der Waals surface area contributed by atoms with Crippen molar-refractivity contribution in [3.05, 3.63) is 47.8 Å². The van der Waals surface area contributed by atoms with Crippen LogP contribution in [0, 0.1) is 0 Å². The lowest BCUT2D eigenvalue weighted by Gasteiger charge is -2.42. The highest BCUT2D eigenvalue weighted by atomic mass is 16.3. The van der Waals surface area contributed by atoms with E-state index in [-0.39, 0.29) is 6.04 Å². The van der Waals surface area contributed by atoms with E-state index in [0.29, 0.717) is 18.5 Å². The molecule has 0 spiro atoms. The lowest BCUT2D eigenvalue weighted by atomic mass is 9.89. The van der Waals surface area contributed by atoms with Gasteiger partial charge in [0.05, 0.1) is 17.8 Å². The Morgan fingerprint density at radius 2 is 1.93 bits per heavy atom. The van der Waals surface area contributed by atoms with Crippen LogP contribution in [0.25, 0.3) is 0 Å². The molecule has 0 amide bonds. The molecule has 5 heteroatoms. The summed E-state index contributed by atoms with van der Waals surface area (Å²) in [5.41, 5.74) is 2.44. The molecule has 27 heavy (non-hydrogen) atoms. The maximum Gasteiger partial charge on any atom is 0.0892 e. The molecule has 0 radical (unpaired) electrons. The summed E-state index contributed by atoms with van der Waals surface area (Å²) in [7, 11) is 0. The molecule has 0 bridgehead atoms. The van der Waals surface area contributed by atoms with Crippen molar-refractivity contribution in [2.45, 2.75) is 76.0 Å². The van der Waals surface area contributed by atoms with E-state index in [1.165, 1.54) is 44.1 Å². The fraction of sp³-hybridized carbons (Fsp3) is 0.636. The van der Waals surface area contributed by atoms with Gasteiger partial charge in [0.1, 0.15) is 0 Å². The Kier molecular flexibility index (Phi) is 5.89. The molecule has 1 aromatic heterocycles. The van der Waals surface area contributed by atoms with Crippen LogP contribution in [0.1, 0.15) is 81.1 Å². The number of benzene rings is 1. The highest BCUT2D eigenvalue weighted by Crippen LogP contribution is 2.40. The topological polar surface area (TPSA) is 54.2 Å². The van der Waals surface area contributed by atoms with Crippen LogP contribution >= 0.6 is 0 Å². The Labute approximate surface area is 162 Å². The summed E-state index contributed by atoms with van der Waals surface area (Å²) in [5, 5.41) is 19.6. The zero-order valence-corrected chi connectivity index (χ0v) is 16.4. The minimum Gasteiger partial charge on any atom is -0.390 e. The zero-order valence-electron chi connectivity index (χ0n) is 16.4. The van der Waals surface area contributed by atoms with Gasteiger partial charge in [0.25, 0.3) is 0 Å². The average Bonchev–Trinajstić information content (AvgIpc) is 3.43. The van der Waals surface area contributed by atoms with E-state index in [1.807, 2.05) is 4.68 Å². The first-order valence-electron chi connectivity index (χ1n) is 10.6. The molecule has 1 aromatic carbocycles. The van der Waals surface area contributed by atoms with Gasteiger partial charge in [0.15, 0.2) is 0 Å². The van der Waals surface area contributed by atoms with Crippen molar-refractivity contribution in [1.82, 2.24) is 19.9 Å². The Morgan fingerprint density at radius 3 is 2.67 bits per heavy atom. The van der Waals surface area contributed by atoms with Gasteiger partial charge in [-0.2, -0.15) is 0 Å². The summed E-state index contributed by atoms with van der Waals surface area (Å²) < 4.78 is 1.93. The van der Waals surface area contributed by atoms with Gasteiger partial charge in [-0.3, -0.25) is 4.90 Å². The van der Waals surface area contributed by atoms with E-state index >= 15 is 0 Å². The van der Waals surface area contributed by atoms with Crippen LogP contribution in [0.15, 0.2) is 36.5 Å². The SMILES string of the molecule is CCCCCCN1C[C@H](O)[C@@H](n2cc(C3CC3)nn2)C[C@@H]1c1ccccc1. The van der Waals surface area contributed by atoms with Crippen molar-refractivity contribution >= 4 is 0 Å². The number of aliphatic hydroxyl groups is 1. The number of β-amino-alcohol motifs (C(OH)–C–C–N with tert-alkyl or cyclic N) is 1. The molecule has 3 atom stereocenters.